The fourth-order valence-electron chi connectivity index (χ4n) is 8.38. The molecule has 2 aromatic heterocycles. The highest BCUT2D eigenvalue weighted by molar-refractivity contribution is 5.88. The number of alkyl halides is 8. The largest absolute Gasteiger partial charge is 0.453 e. The summed E-state index contributed by atoms with van der Waals surface area (Å²) in [6.07, 6.45) is -13.9. The van der Waals surface area contributed by atoms with Gasteiger partial charge in [-0.25, -0.2) is 28.0 Å². The molecular formula is C51H58F10N9O8+. The topological polar surface area (TPSA) is 196 Å². The highest BCUT2D eigenvalue weighted by atomic mass is 19.4. The standard InChI is InChI=1S/C51H57F10N9O8/c1-48(2,50(56,57)58)41(64-46(74)76-5)43(72)63-38(21-30-10-7-29(8-11-30)9-12-31-13-14-40(62-24-31)68-19-17-67(18-20-68)33-27-78-28-33)39(71)26-69(44(73)42(65-47(75)77-6)49(3,4)51(59,60)61)25-34-35(52)22-32(23-36(34)53)37-15-16-70(66-37)45(54)55/h7-8,10-11,13-16,22-24,33,38-39,41-42,45,71H,17-21,25-28H2,1-6H3,(H,63,72)(H,64,74)(H,65,75)/p+1/t38-,39-,41+,42+/m0/s1. The average molecular weight is 1120 g/mol. The summed E-state index contributed by atoms with van der Waals surface area (Å²) in [6, 6.07) is 5.32. The number of aromatic nitrogens is 3. The minimum Gasteiger partial charge on any atom is -0.453 e. The molecule has 4 heterocycles. The first-order chi connectivity index (χ1) is 36.5. The number of benzene rings is 2. The number of piperazine rings is 1. The molecule has 0 aliphatic carbocycles. The van der Waals surface area contributed by atoms with Crippen LogP contribution >= 0.6 is 0 Å². The molecule has 0 radical (unpaired) electrons. The molecule has 0 saturated carbocycles. The molecule has 27 heteroatoms. The average Bonchev–Trinajstić information content (AvgIpc) is 3.92. The number of nitrogens with one attached hydrogen (secondary N) is 3. The Balaban J connectivity index is 1.34. The van der Waals surface area contributed by atoms with Crippen molar-refractivity contribution in [2.45, 2.75) is 89.8 Å². The Bertz CT molecular complexity index is 2790. The zero-order chi connectivity index (χ0) is 57.5. The van der Waals surface area contributed by atoms with Gasteiger partial charge in [-0.3, -0.25) is 14.5 Å². The van der Waals surface area contributed by atoms with Crippen LogP contribution in [0.4, 0.5) is 59.3 Å². The predicted octanol–water partition coefficient (Wildman–Crippen LogP) is 6.09. The molecule has 0 bridgehead atoms. The van der Waals surface area contributed by atoms with Crippen molar-refractivity contribution < 1.29 is 82.4 Å². The second-order valence-electron chi connectivity index (χ2n) is 19.7. The van der Waals surface area contributed by atoms with Crippen LogP contribution in [0.25, 0.3) is 11.3 Å². The molecule has 0 spiro atoms. The fraction of sp³-hybridized carbons (Fsp3) is 0.490. The Morgan fingerprint density at radius 2 is 1.35 bits per heavy atom. The number of aliphatic hydroxyl groups excluding tert-OH is 1. The van der Waals surface area contributed by atoms with Gasteiger partial charge < -0.3 is 45.1 Å². The molecule has 0 unspecified atom stereocenters. The van der Waals surface area contributed by atoms with E-state index in [9.17, 15) is 59.4 Å². The second kappa shape index (κ2) is 24.7. The number of ether oxygens (including phenoxy) is 3. The monoisotopic (exact) mass is 1110 g/mol. The van der Waals surface area contributed by atoms with E-state index >= 15 is 8.78 Å². The number of rotatable bonds is 18. The summed E-state index contributed by atoms with van der Waals surface area (Å²) in [4.78, 5) is 63.0. The van der Waals surface area contributed by atoms with Crippen LogP contribution in [0.2, 0.25) is 0 Å². The van der Waals surface area contributed by atoms with Gasteiger partial charge in [0.05, 0.1) is 49.4 Å². The normalized spacial score (nSPS) is 16.2. The van der Waals surface area contributed by atoms with Gasteiger partial charge in [0.2, 0.25) is 11.8 Å². The van der Waals surface area contributed by atoms with Crippen molar-refractivity contribution in [1.82, 2.24) is 40.5 Å². The van der Waals surface area contributed by atoms with Gasteiger partial charge in [-0.05, 0) is 82.1 Å². The van der Waals surface area contributed by atoms with Crippen LogP contribution in [-0.4, -0.2) is 161 Å². The van der Waals surface area contributed by atoms with Crippen LogP contribution in [-0.2, 0) is 32.0 Å². The van der Waals surface area contributed by atoms with Crippen LogP contribution in [0, 0.1) is 34.3 Å². The Kier molecular flexibility index (Phi) is 19.0. The fourth-order valence-corrected chi connectivity index (χ4v) is 8.38. The van der Waals surface area contributed by atoms with Gasteiger partial charge in [0.15, 0.2) is 13.2 Å². The predicted molar refractivity (Wildman–Crippen MR) is 260 cm³/mol. The van der Waals surface area contributed by atoms with Gasteiger partial charge in [-0.1, -0.05) is 24.0 Å². The quantitative estimate of drug-likeness (QED) is 0.0511. The van der Waals surface area contributed by atoms with Crippen molar-refractivity contribution in [2.24, 2.45) is 10.8 Å². The molecule has 2 fully saturated rings. The summed E-state index contributed by atoms with van der Waals surface area (Å²) in [6.45, 7) is 1.49. The maximum absolute atomic E-state index is 16.1. The SMILES string of the molecule is COC(=O)N[C@H](C(=O)N[C@@H](Cc1ccc(C#Cc2ccc(N3CCN(C4C[OH+]C4)CC3)nc2)cc1)[C@@H](O)CN(Cc1c(F)cc(-c2ccn(C(F)F)n2)cc1F)C(=O)[C@@H](NC(=O)OC)C(C)(C)C(F)(F)F)C(C)(C)C(F)(F)F. The molecule has 2 aliphatic rings. The third kappa shape index (κ3) is 14.3. The number of hydrogen-bond acceptors (Lipinski definition) is 11. The number of hydrogen-bond donors (Lipinski definition) is 4. The van der Waals surface area contributed by atoms with Crippen LogP contribution in [0.3, 0.4) is 0 Å². The summed E-state index contributed by atoms with van der Waals surface area (Å²) in [5.41, 5.74) is -6.80. The summed E-state index contributed by atoms with van der Waals surface area (Å²) in [5.74, 6) is 0.467. The lowest BCUT2D eigenvalue weighted by molar-refractivity contribution is -0.222. The van der Waals surface area contributed by atoms with E-state index in [1.165, 1.54) is 24.3 Å². The van der Waals surface area contributed by atoms with Gasteiger partial charge in [0.25, 0.3) is 0 Å². The number of carbonyl (C=O) groups excluding carboxylic acids is 4. The highest BCUT2D eigenvalue weighted by Gasteiger charge is 2.58. The zero-order valence-electron chi connectivity index (χ0n) is 43.0. The van der Waals surface area contributed by atoms with Crippen molar-refractivity contribution in [3.8, 4) is 23.1 Å². The van der Waals surface area contributed by atoms with Crippen LogP contribution in [0.1, 0.15) is 56.5 Å². The number of halogens is 10. The Morgan fingerprint density at radius 3 is 1.85 bits per heavy atom. The molecule has 4 amide bonds. The molecule has 4 atom stereocenters. The maximum atomic E-state index is 16.1. The third-order valence-electron chi connectivity index (χ3n) is 13.8. The summed E-state index contributed by atoms with van der Waals surface area (Å²) < 4.78 is 160. The third-order valence-corrected chi connectivity index (χ3v) is 13.8. The lowest BCUT2D eigenvalue weighted by atomic mass is 9.82. The van der Waals surface area contributed by atoms with Crippen molar-refractivity contribution in [2.75, 3.05) is 65.1 Å². The van der Waals surface area contributed by atoms with Crippen molar-refractivity contribution in [3.05, 3.63) is 101 Å². The van der Waals surface area contributed by atoms with Gasteiger partial charge in [0, 0.05) is 67.4 Å². The van der Waals surface area contributed by atoms with Gasteiger partial charge in [-0.2, -0.15) is 40.2 Å². The van der Waals surface area contributed by atoms with Crippen LogP contribution < -0.4 is 20.9 Å². The van der Waals surface area contributed by atoms with Crippen molar-refractivity contribution >= 4 is 29.8 Å². The molecule has 2 aliphatic heterocycles. The number of alkyl carbamates (subject to hydrolysis) is 2. The smallest absolute Gasteiger partial charge is 0.407 e. The number of nitrogens with zero attached hydrogens (tertiary/aromatic N) is 6. The minimum atomic E-state index is -5.30. The van der Waals surface area contributed by atoms with E-state index in [1.807, 2.05) is 11.4 Å². The van der Waals surface area contributed by atoms with E-state index in [4.69, 9.17) is 0 Å². The lowest BCUT2D eigenvalue weighted by Crippen LogP contribution is -2.63. The van der Waals surface area contributed by atoms with E-state index in [-0.39, 0.29) is 15.9 Å². The van der Waals surface area contributed by atoms with Crippen molar-refractivity contribution in [1.29, 1.82) is 0 Å². The first-order valence-electron chi connectivity index (χ1n) is 24.1. The zero-order valence-corrected chi connectivity index (χ0v) is 43.0. The first kappa shape index (κ1) is 60.1. The molecular weight excluding hydrogens is 1060 g/mol. The van der Waals surface area contributed by atoms with E-state index in [1.54, 1.807) is 17.6 Å². The first-order valence-corrected chi connectivity index (χ1v) is 24.1. The van der Waals surface area contributed by atoms with E-state index in [0.717, 1.165) is 71.7 Å². The maximum Gasteiger partial charge on any atom is 0.407 e. The van der Waals surface area contributed by atoms with E-state index in [0.29, 0.717) is 61.9 Å². The van der Waals surface area contributed by atoms with E-state index < -0.39 is 120 Å². The van der Waals surface area contributed by atoms with Crippen LogP contribution in [0.5, 0.6) is 0 Å². The number of amides is 4. The summed E-state index contributed by atoms with van der Waals surface area (Å²) in [5, 5.41) is 21.5. The number of carbonyl (C=O) groups is 4. The Labute approximate surface area is 441 Å². The minimum absolute atomic E-state index is 0.182. The molecule has 17 nitrogen and oxygen atoms in total. The second-order valence-corrected chi connectivity index (χ2v) is 19.7. The molecule has 2 saturated heterocycles. The number of aliphatic hydroxyl groups is 3. The Morgan fingerprint density at radius 1 is 0.795 bits per heavy atom. The number of pyridine rings is 1. The van der Waals surface area contributed by atoms with E-state index in [2.05, 4.69) is 51.3 Å². The molecule has 5 N–H and O–H groups in total. The lowest BCUT2D eigenvalue weighted by Gasteiger charge is -2.40. The highest BCUT2D eigenvalue weighted by Crippen LogP contribution is 2.42. The molecule has 4 aromatic rings. The van der Waals surface area contributed by atoms with Gasteiger partial charge >= 0.3 is 31.1 Å². The number of methoxy groups -OCH3 is 2. The van der Waals surface area contributed by atoms with Crippen LogP contribution in [0.15, 0.2) is 67.0 Å². The van der Waals surface area contributed by atoms with Crippen molar-refractivity contribution in [3.63, 3.8) is 0 Å². The van der Waals surface area contributed by atoms with Gasteiger partial charge in [0.1, 0.15) is 35.6 Å². The molecule has 2 aromatic carbocycles. The summed E-state index contributed by atoms with van der Waals surface area (Å²) in [7, 11) is 1.57. The molecule has 424 valence electrons. The Hall–Kier alpha value is -7.18. The number of anilines is 1. The molecule has 78 heavy (non-hydrogen) atoms. The summed E-state index contributed by atoms with van der Waals surface area (Å²) >= 11 is 0. The molecule has 6 rings (SSSR count). The van der Waals surface area contributed by atoms with Gasteiger partial charge in [-0.15, -0.1) is 0 Å².